The Labute approximate surface area is 122 Å². The number of hydrogen-bond donors (Lipinski definition) is 1. The van der Waals surface area contributed by atoms with Crippen molar-refractivity contribution < 1.29 is 14.2 Å². The highest BCUT2D eigenvalue weighted by atomic mass is 16.5. The fourth-order valence-corrected chi connectivity index (χ4v) is 1.86. The SMILES string of the molecule is CCOCc1ccccc1CNCCOCCCOC. The van der Waals surface area contributed by atoms with Gasteiger partial charge < -0.3 is 19.5 Å². The maximum atomic E-state index is 5.50. The summed E-state index contributed by atoms with van der Waals surface area (Å²) in [6.45, 7) is 7.41. The average Bonchev–Trinajstić information content (AvgIpc) is 2.49. The van der Waals surface area contributed by atoms with Crippen LogP contribution in [-0.2, 0) is 27.4 Å². The lowest BCUT2D eigenvalue weighted by Gasteiger charge is -2.11. The zero-order valence-corrected chi connectivity index (χ0v) is 12.7. The van der Waals surface area contributed by atoms with Gasteiger partial charge in [-0.2, -0.15) is 0 Å². The summed E-state index contributed by atoms with van der Waals surface area (Å²) in [5, 5.41) is 3.40. The molecule has 0 fully saturated rings. The van der Waals surface area contributed by atoms with Crippen molar-refractivity contribution in [1.29, 1.82) is 0 Å². The van der Waals surface area contributed by atoms with Gasteiger partial charge in [-0.05, 0) is 24.5 Å². The van der Waals surface area contributed by atoms with Gasteiger partial charge >= 0.3 is 0 Å². The molecular weight excluding hydrogens is 254 g/mol. The van der Waals surface area contributed by atoms with Crippen LogP contribution in [0.2, 0.25) is 0 Å². The summed E-state index contributed by atoms with van der Waals surface area (Å²) in [5.74, 6) is 0. The second-order valence-corrected chi connectivity index (χ2v) is 4.54. The molecule has 0 aliphatic heterocycles. The smallest absolute Gasteiger partial charge is 0.0719 e. The molecule has 0 amide bonds. The monoisotopic (exact) mass is 281 g/mol. The maximum Gasteiger partial charge on any atom is 0.0719 e. The Balaban J connectivity index is 2.15. The Morgan fingerprint density at radius 1 is 1.00 bits per heavy atom. The van der Waals surface area contributed by atoms with Crippen LogP contribution < -0.4 is 5.32 Å². The van der Waals surface area contributed by atoms with E-state index in [9.17, 15) is 0 Å². The first-order valence-electron chi connectivity index (χ1n) is 7.30. The fourth-order valence-electron chi connectivity index (χ4n) is 1.86. The van der Waals surface area contributed by atoms with Gasteiger partial charge in [-0.15, -0.1) is 0 Å². The second-order valence-electron chi connectivity index (χ2n) is 4.54. The first-order chi connectivity index (χ1) is 9.88. The lowest BCUT2D eigenvalue weighted by Crippen LogP contribution is -2.20. The molecule has 1 N–H and O–H groups in total. The van der Waals surface area contributed by atoms with Crippen LogP contribution in [0.3, 0.4) is 0 Å². The molecule has 114 valence electrons. The third-order valence-corrected chi connectivity index (χ3v) is 2.96. The molecular formula is C16H27NO3. The van der Waals surface area contributed by atoms with E-state index in [0.29, 0.717) is 6.61 Å². The van der Waals surface area contributed by atoms with E-state index in [4.69, 9.17) is 14.2 Å². The van der Waals surface area contributed by atoms with Crippen molar-refractivity contribution in [1.82, 2.24) is 5.32 Å². The lowest BCUT2D eigenvalue weighted by atomic mass is 10.1. The zero-order valence-electron chi connectivity index (χ0n) is 12.7. The first kappa shape index (κ1) is 17.1. The summed E-state index contributed by atoms with van der Waals surface area (Å²) in [5.41, 5.74) is 2.54. The van der Waals surface area contributed by atoms with Crippen LogP contribution >= 0.6 is 0 Å². The molecule has 1 aromatic rings. The number of ether oxygens (including phenoxy) is 3. The molecule has 0 aliphatic rings. The minimum atomic E-state index is 0.682. The Bertz CT molecular complexity index is 344. The molecule has 0 saturated heterocycles. The highest BCUT2D eigenvalue weighted by molar-refractivity contribution is 5.26. The molecule has 20 heavy (non-hydrogen) atoms. The third kappa shape index (κ3) is 7.60. The van der Waals surface area contributed by atoms with Gasteiger partial charge in [0.25, 0.3) is 0 Å². The van der Waals surface area contributed by atoms with Crippen molar-refractivity contribution in [2.24, 2.45) is 0 Å². The van der Waals surface area contributed by atoms with E-state index in [1.807, 2.05) is 6.92 Å². The van der Waals surface area contributed by atoms with E-state index in [1.165, 1.54) is 11.1 Å². The topological polar surface area (TPSA) is 39.7 Å². The van der Waals surface area contributed by atoms with Crippen LogP contribution in [0.5, 0.6) is 0 Å². The van der Waals surface area contributed by atoms with E-state index in [2.05, 4.69) is 29.6 Å². The van der Waals surface area contributed by atoms with E-state index in [0.717, 1.165) is 45.9 Å². The molecule has 1 aromatic carbocycles. The normalized spacial score (nSPS) is 10.9. The fraction of sp³-hybridized carbons (Fsp3) is 0.625. The van der Waals surface area contributed by atoms with Gasteiger partial charge in [0.2, 0.25) is 0 Å². The van der Waals surface area contributed by atoms with Crippen LogP contribution in [-0.4, -0.2) is 40.1 Å². The van der Waals surface area contributed by atoms with E-state index in [-0.39, 0.29) is 0 Å². The second kappa shape index (κ2) is 11.9. The maximum absolute atomic E-state index is 5.50. The van der Waals surface area contributed by atoms with E-state index < -0.39 is 0 Å². The molecule has 1 rings (SSSR count). The molecule has 4 nitrogen and oxygen atoms in total. The molecule has 0 bridgehead atoms. The number of rotatable bonds is 12. The van der Waals surface area contributed by atoms with Crippen molar-refractivity contribution in [2.45, 2.75) is 26.5 Å². The molecule has 0 aliphatic carbocycles. The Morgan fingerprint density at radius 3 is 2.55 bits per heavy atom. The summed E-state index contributed by atoms with van der Waals surface area (Å²) in [6.07, 6.45) is 0.952. The van der Waals surface area contributed by atoms with Gasteiger partial charge in [0.15, 0.2) is 0 Å². The minimum absolute atomic E-state index is 0.682. The van der Waals surface area contributed by atoms with Gasteiger partial charge in [-0.3, -0.25) is 0 Å². The summed E-state index contributed by atoms with van der Waals surface area (Å²) in [6, 6.07) is 8.37. The first-order valence-corrected chi connectivity index (χ1v) is 7.30. The van der Waals surface area contributed by atoms with Gasteiger partial charge in [0.1, 0.15) is 0 Å². The number of benzene rings is 1. The predicted octanol–water partition coefficient (Wildman–Crippen LogP) is 2.37. The Morgan fingerprint density at radius 2 is 1.80 bits per heavy atom. The highest BCUT2D eigenvalue weighted by Gasteiger charge is 2.01. The molecule has 0 atom stereocenters. The van der Waals surface area contributed by atoms with Crippen molar-refractivity contribution in [3.05, 3.63) is 35.4 Å². The Kier molecular flexibility index (Phi) is 10.1. The molecule has 0 saturated carbocycles. The summed E-state index contributed by atoms with van der Waals surface area (Å²) >= 11 is 0. The number of nitrogens with one attached hydrogen (secondary N) is 1. The lowest BCUT2D eigenvalue weighted by molar-refractivity contribution is 0.104. The number of hydrogen-bond acceptors (Lipinski definition) is 4. The van der Waals surface area contributed by atoms with Crippen LogP contribution in [0.15, 0.2) is 24.3 Å². The molecule has 0 heterocycles. The van der Waals surface area contributed by atoms with Crippen LogP contribution in [0.4, 0.5) is 0 Å². The van der Waals surface area contributed by atoms with Crippen molar-refractivity contribution in [2.75, 3.05) is 40.1 Å². The van der Waals surface area contributed by atoms with Gasteiger partial charge in [-0.25, -0.2) is 0 Å². The minimum Gasteiger partial charge on any atom is -0.385 e. The van der Waals surface area contributed by atoms with Crippen molar-refractivity contribution >= 4 is 0 Å². The van der Waals surface area contributed by atoms with Crippen molar-refractivity contribution in [3.63, 3.8) is 0 Å². The van der Waals surface area contributed by atoms with Crippen LogP contribution in [0.25, 0.3) is 0 Å². The van der Waals surface area contributed by atoms with Gasteiger partial charge in [-0.1, -0.05) is 24.3 Å². The van der Waals surface area contributed by atoms with Gasteiger partial charge in [0.05, 0.1) is 13.2 Å². The molecule has 0 radical (unpaired) electrons. The van der Waals surface area contributed by atoms with E-state index >= 15 is 0 Å². The molecule has 4 heteroatoms. The summed E-state index contributed by atoms with van der Waals surface area (Å²) in [7, 11) is 1.71. The highest BCUT2D eigenvalue weighted by Crippen LogP contribution is 2.09. The predicted molar refractivity (Wildman–Crippen MR) is 80.8 cm³/mol. The summed E-state index contributed by atoms with van der Waals surface area (Å²) in [4.78, 5) is 0. The van der Waals surface area contributed by atoms with E-state index in [1.54, 1.807) is 7.11 Å². The van der Waals surface area contributed by atoms with Crippen molar-refractivity contribution in [3.8, 4) is 0 Å². The van der Waals surface area contributed by atoms with Crippen LogP contribution in [0.1, 0.15) is 24.5 Å². The Hall–Kier alpha value is -0.940. The average molecular weight is 281 g/mol. The van der Waals surface area contributed by atoms with Gasteiger partial charge in [0, 0.05) is 40.0 Å². The molecule has 0 unspecified atom stereocenters. The van der Waals surface area contributed by atoms with Crippen LogP contribution in [0, 0.1) is 0 Å². The quantitative estimate of drug-likeness (QED) is 0.597. The zero-order chi connectivity index (χ0) is 14.5. The standard InChI is InChI=1S/C16H27NO3/c1-3-19-14-16-8-5-4-7-15(16)13-17-9-12-20-11-6-10-18-2/h4-5,7-8,17H,3,6,9-14H2,1-2H3. The largest absolute Gasteiger partial charge is 0.385 e. The molecule has 0 spiro atoms. The number of methoxy groups -OCH3 is 1. The summed E-state index contributed by atoms with van der Waals surface area (Å²) < 4.78 is 15.9. The molecule has 0 aromatic heterocycles. The third-order valence-electron chi connectivity index (χ3n) is 2.96.